The predicted molar refractivity (Wildman–Crippen MR) is 109 cm³/mol. The van der Waals surface area contributed by atoms with Gasteiger partial charge in [-0.05, 0) is 37.7 Å². The molecule has 0 bridgehead atoms. The van der Waals surface area contributed by atoms with Gasteiger partial charge in [0.25, 0.3) is 5.91 Å². The molecule has 1 heterocycles. The topological polar surface area (TPSA) is 65.2 Å². The van der Waals surface area contributed by atoms with Crippen LogP contribution in [0.1, 0.15) is 34.5 Å². The number of para-hydroxylation sites is 1. The van der Waals surface area contributed by atoms with Gasteiger partial charge in [-0.1, -0.05) is 49.4 Å². The van der Waals surface area contributed by atoms with E-state index in [1.54, 1.807) is 6.07 Å². The minimum atomic E-state index is -0.279. The maximum atomic E-state index is 12.8. The first-order valence-corrected chi connectivity index (χ1v) is 9.15. The first kappa shape index (κ1) is 18.9. The van der Waals surface area contributed by atoms with Gasteiger partial charge in [0.1, 0.15) is 0 Å². The summed E-state index contributed by atoms with van der Waals surface area (Å²) in [4.78, 5) is 29.5. The molecule has 5 heteroatoms. The fourth-order valence-corrected chi connectivity index (χ4v) is 3.25. The van der Waals surface area contributed by atoms with Crippen LogP contribution < -0.4 is 10.9 Å². The highest BCUT2D eigenvalue weighted by Crippen LogP contribution is 2.19. The summed E-state index contributed by atoms with van der Waals surface area (Å²) in [6, 6.07) is 17.2. The summed E-state index contributed by atoms with van der Waals surface area (Å²) in [5.41, 5.74) is 3.21. The van der Waals surface area contributed by atoms with Crippen LogP contribution >= 0.6 is 0 Å². The molecule has 5 nitrogen and oxygen atoms in total. The van der Waals surface area contributed by atoms with Crippen LogP contribution in [-0.4, -0.2) is 36.4 Å². The molecule has 0 aliphatic heterocycles. The molecule has 1 amide bonds. The number of carbonyl (C=O) groups excluding carboxylic acids is 1. The Morgan fingerprint density at radius 1 is 1.11 bits per heavy atom. The number of H-pyrrole nitrogens is 1. The van der Waals surface area contributed by atoms with E-state index < -0.39 is 0 Å². The molecule has 0 radical (unpaired) electrons. The molecule has 1 atom stereocenters. The van der Waals surface area contributed by atoms with Gasteiger partial charge in [-0.25, -0.2) is 0 Å². The van der Waals surface area contributed by atoms with E-state index >= 15 is 0 Å². The molecule has 3 rings (SSSR count). The lowest BCUT2D eigenvalue weighted by Gasteiger charge is -2.25. The summed E-state index contributed by atoms with van der Waals surface area (Å²) >= 11 is 0. The van der Waals surface area contributed by atoms with Gasteiger partial charge in [-0.15, -0.1) is 0 Å². The van der Waals surface area contributed by atoms with Crippen LogP contribution in [0.15, 0.2) is 59.4 Å². The normalized spacial score (nSPS) is 12.3. The van der Waals surface area contributed by atoms with Crippen molar-refractivity contribution >= 4 is 16.8 Å². The van der Waals surface area contributed by atoms with Crippen molar-refractivity contribution in [2.75, 3.05) is 20.6 Å². The van der Waals surface area contributed by atoms with Crippen molar-refractivity contribution < 1.29 is 4.79 Å². The maximum absolute atomic E-state index is 12.8. The molecule has 2 aromatic carbocycles. The SMILES string of the molecule is CCc1ccc(C(CNC(=O)c2cc(=O)[nH]c3ccccc23)N(C)C)cc1. The number of nitrogens with zero attached hydrogens (tertiary/aromatic N) is 1. The van der Waals surface area contributed by atoms with Crippen LogP contribution in [-0.2, 0) is 6.42 Å². The highest BCUT2D eigenvalue weighted by Gasteiger charge is 2.17. The second-order valence-corrected chi connectivity index (χ2v) is 6.88. The number of amides is 1. The van der Waals surface area contributed by atoms with Crippen molar-refractivity contribution in [2.45, 2.75) is 19.4 Å². The summed E-state index contributed by atoms with van der Waals surface area (Å²) in [7, 11) is 3.99. The minimum Gasteiger partial charge on any atom is -0.350 e. The molecule has 1 unspecified atom stereocenters. The number of pyridine rings is 1. The third-order valence-corrected chi connectivity index (χ3v) is 4.85. The second kappa shape index (κ2) is 8.18. The average Bonchev–Trinajstić information content (AvgIpc) is 2.67. The number of benzene rings is 2. The van der Waals surface area contributed by atoms with E-state index in [0.717, 1.165) is 17.4 Å². The third kappa shape index (κ3) is 4.26. The van der Waals surface area contributed by atoms with Gasteiger partial charge < -0.3 is 15.2 Å². The fraction of sp³-hybridized carbons (Fsp3) is 0.273. The summed E-state index contributed by atoms with van der Waals surface area (Å²) in [6.45, 7) is 2.59. The van der Waals surface area contributed by atoms with Crippen molar-refractivity contribution in [2.24, 2.45) is 0 Å². The number of aryl methyl sites for hydroxylation is 1. The lowest BCUT2D eigenvalue weighted by atomic mass is 10.0. The molecule has 140 valence electrons. The zero-order valence-corrected chi connectivity index (χ0v) is 16.0. The Bertz CT molecular complexity index is 990. The van der Waals surface area contributed by atoms with Gasteiger partial charge in [-0.2, -0.15) is 0 Å². The number of nitrogens with one attached hydrogen (secondary N) is 2. The van der Waals surface area contributed by atoms with Crippen LogP contribution in [0.5, 0.6) is 0 Å². The quantitative estimate of drug-likeness (QED) is 0.707. The van der Waals surface area contributed by atoms with Crippen LogP contribution in [0.4, 0.5) is 0 Å². The van der Waals surface area contributed by atoms with Crippen LogP contribution in [0.25, 0.3) is 10.9 Å². The summed E-state index contributed by atoms with van der Waals surface area (Å²) in [5, 5.41) is 3.73. The Morgan fingerprint density at radius 2 is 1.81 bits per heavy atom. The van der Waals surface area contributed by atoms with Crippen LogP contribution in [0, 0.1) is 0 Å². The molecule has 2 N–H and O–H groups in total. The molecule has 1 aromatic heterocycles. The number of aromatic amines is 1. The van der Waals surface area contributed by atoms with Gasteiger partial charge in [0.2, 0.25) is 5.56 Å². The average molecular weight is 363 g/mol. The number of rotatable bonds is 6. The van der Waals surface area contributed by atoms with Crippen LogP contribution in [0.2, 0.25) is 0 Å². The third-order valence-electron chi connectivity index (χ3n) is 4.85. The van der Waals surface area contributed by atoms with Gasteiger partial charge in [0.05, 0.1) is 11.6 Å². The smallest absolute Gasteiger partial charge is 0.252 e. The van der Waals surface area contributed by atoms with E-state index in [9.17, 15) is 9.59 Å². The van der Waals surface area contributed by atoms with E-state index in [0.29, 0.717) is 17.6 Å². The van der Waals surface area contributed by atoms with Gasteiger partial charge >= 0.3 is 0 Å². The Morgan fingerprint density at radius 3 is 2.48 bits per heavy atom. The van der Waals surface area contributed by atoms with Crippen molar-refractivity contribution in [3.8, 4) is 0 Å². The number of fused-ring (bicyclic) bond motifs is 1. The lowest BCUT2D eigenvalue weighted by molar-refractivity contribution is 0.0943. The lowest BCUT2D eigenvalue weighted by Crippen LogP contribution is -2.35. The first-order chi connectivity index (χ1) is 13.0. The maximum Gasteiger partial charge on any atom is 0.252 e. The molecule has 0 saturated carbocycles. The number of aromatic nitrogens is 1. The fourth-order valence-electron chi connectivity index (χ4n) is 3.25. The molecular weight excluding hydrogens is 338 g/mol. The number of likely N-dealkylation sites (N-methyl/N-ethyl adjacent to an activating group) is 1. The van der Waals surface area contributed by atoms with Crippen LogP contribution in [0.3, 0.4) is 0 Å². The van der Waals surface area contributed by atoms with Crippen molar-refractivity contribution in [3.05, 3.63) is 81.6 Å². The predicted octanol–water partition coefficient (Wildman–Crippen LogP) is 3.12. The molecule has 0 aliphatic carbocycles. The Labute approximate surface area is 159 Å². The molecule has 0 aliphatic rings. The monoisotopic (exact) mass is 363 g/mol. The van der Waals surface area contributed by atoms with Crippen molar-refractivity contribution in [1.82, 2.24) is 15.2 Å². The Balaban J connectivity index is 1.81. The largest absolute Gasteiger partial charge is 0.350 e. The van der Waals surface area contributed by atoms with E-state index in [2.05, 4.69) is 46.4 Å². The molecule has 27 heavy (non-hydrogen) atoms. The number of hydrogen-bond acceptors (Lipinski definition) is 3. The summed E-state index contributed by atoms with van der Waals surface area (Å²) < 4.78 is 0. The Hall–Kier alpha value is -2.92. The standard InChI is InChI=1S/C22H25N3O2/c1-4-15-9-11-16(12-10-15)20(25(2)3)14-23-22(27)18-13-21(26)24-19-8-6-5-7-17(18)19/h5-13,20H,4,14H2,1-3H3,(H,23,27)(H,24,26). The van der Waals surface area contributed by atoms with Crippen molar-refractivity contribution in [3.63, 3.8) is 0 Å². The van der Waals surface area contributed by atoms with Crippen molar-refractivity contribution in [1.29, 1.82) is 0 Å². The number of hydrogen-bond donors (Lipinski definition) is 2. The van der Waals surface area contributed by atoms with E-state index in [1.165, 1.54) is 11.6 Å². The van der Waals surface area contributed by atoms with E-state index in [4.69, 9.17) is 0 Å². The van der Waals surface area contributed by atoms with Gasteiger partial charge in [-0.3, -0.25) is 9.59 Å². The van der Waals surface area contributed by atoms with Gasteiger partial charge in [0, 0.05) is 23.5 Å². The Kier molecular flexibility index (Phi) is 5.72. The molecule has 0 fully saturated rings. The highest BCUT2D eigenvalue weighted by molar-refractivity contribution is 6.05. The molecule has 0 spiro atoms. The van der Waals surface area contributed by atoms with Gasteiger partial charge in [0.15, 0.2) is 0 Å². The summed E-state index contributed by atoms with van der Waals surface area (Å²) in [6.07, 6.45) is 0.999. The highest BCUT2D eigenvalue weighted by atomic mass is 16.2. The van der Waals surface area contributed by atoms with E-state index in [-0.39, 0.29) is 17.5 Å². The first-order valence-electron chi connectivity index (χ1n) is 9.15. The molecule has 0 saturated heterocycles. The second-order valence-electron chi connectivity index (χ2n) is 6.88. The summed E-state index contributed by atoms with van der Waals surface area (Å²) in [5.74, 6) is -0.241. The molecular formula is C22H25N3O2. The zero-order valence-electron chi connectivity index (χ0n) is 16.0. The molecule has 3 aromatic rings. The minimum absolute atomic E-state index is 0.0492. The zero-order chi connectivity index (χ0) is 19.4. The van der Waals surface area contributed by atoms with E-state index in [1.807, 2.05) is 32.3 Å². The number of carbonyl (C=O) groups is 1.